The van der Waals surface area contributed by atoms with Crippen molar-refractivity contribution in [1.29, 1.82) is 0 Å². The number of hydrogen-bond donors (Lipinski definition) is 1. The third-order valence-corrected chi connectivity index (χ3v) is 4.86. The molecule has 7 nitrogen and oxygen atoms in total. The number of nitrogens with zero attached hydrogens (tertiary/aromatic N) is 3. The summed E-state index contributed by atoms with van der Waals surface area (Å²) in [7, 11) is 0. The van der Waals surface area contributed by atoms with Crippen LogP contribution in [0, 0.1) is 5.92 Å². The maximum Gasteiger partial charge on any atom is 0.255 e. The molecule has 3 heterocycles. The first-order valence-corrected chi connectivity index (χ1v) is 8.45. The van der Waals surface area contributed by atoms with Gasteiger partial charge in [-0.3, -0.25) is 19.5 Å². The maximum atomic E-state index is 12.7. The van der Waals surface area contributed by atoms with Gasteiger partial charge in [-0.25, -0.2) is 0 Å². The number of hydrogen-bond acceptors (Lipinski definition) is 5. The number of primary amides is 1. The van der Waals surface area contributed by atoms with Crippen LogP contribution in [0.1, 0.15) is 23.2 Å². The summed E-state index contributed by atoms with van der Waals surface area (Å²) in [4.78, 5) is 32.6. The molecule has 2 fully saturated rings. The lowest BCUT2D eigenvalue weighted by molar-refractivity contribution is -0.122. The van der Waals surface area contributed by atoms with Crippen LogP contribution in [0.5, 0.6) is 0 Å². The molecule has 0 saturated carbocycles. The second-order valence-electron chi connectivity index (χ2n) is 6.43. The Hall–Kier alpha value is -1.99. The third kappa shape index (κ3) is 3.91. The second kappa shape index (κ2) is 7.72. The van der Waals surface area contributed by atoms with Crippen LogP contribution >= 0.6 is 0 Å². The van der Waals surface area contributed by atoms with Crippen LogP contribution in [0.25, 0.3) is 0 Å². The monoisotopic (exact) mass is 332 g/mol. The van der Waals surface area contributed by atoms with Gasteiger partial charge in [0.05, 0.1) is 11.5 Å². The van der Waals surface area contributed by atoms with Crippen molar-refractivity contribution in [3.8, 4) is 0 Å². The van der Waals surface area contributed by atoms with Crippen molar-refractivity contribution in [1.82, 2.24) is 14.8 Å². The van der Waals surface area contributed by atoms with Crippen LogP contribution in [0.3, 0.4) is 0 Å². The number of rotatable bonds is 3. The highest BCUT2D eigenvalue weighted by atomic mass is 16.5. The highest BCUT2D eigenvalue weighted by Gasteiger charge is 2.32. The number of ether oxygens (including phenoxy) is 1. The molecule has 24 heavy (non-hydrogen) atoms. The molecule has 1 atom stereocenters. The molecule has 0 spiro atoms. The van der Waals surface area contributed by atoms with E-state index in [0.29, 0.717) is 31.2 Å². The van der Waals surface area contributed by atoms with E-state index in [9.17, 15) is 9.59 Å². The van der Waals surface area contributed by atoms with Crippen molar-refractivity contribution < 1.29 is 14.3 Å². The van der Waals surface area contributed by atoms with E-state index in [2.05, 4.69) is 9.88 Å². The molecule has 0 radical (unpaired) electrons. The summed E-state index contributed by atoms with van der Waals surface area (Å²) < 4.78 is 5.42. The van der Waals surface area contributed by atoms with Crippen LogP contribution in [0.4, 0.5) is 0 Å². The number of nitrogens with two attached hydrogens (primary N) is 1. The van der Waals surface area contributed by atoms with E-state index in [1.807, 2.05) is 0 Å². The highest BCUT2D eigenvalue weighted by molar-refractivity contribution is 5.94. The first-order valence-electron chi connectivity index (χ1n) is 8.45. The van der Waals surface area contributed by atoms with E-state index in [4.69, 9.17) is 10.5 Å². The van der Waals surface area contributed by atoms with E-state index in [1.54, 1.807) is 29.4 Å². The minimum Gasteiger partial charge on any atom is -0.381 e. The Labute approximate surface area is 141 Å². The predicted molar refractivity (Wildman–Crippen MR) is 88.2 cm³/mol. The Morgan fingerprint density at radius 3 is 2.67 bits per heavy atom. The van der Waals surface area contributed by atoms with Crippen LogP contribution in [0.15, 0.2) is 24.5 Å². The van der Waals surface area contributed by atoms with Crippen molar-refractivity contribution in [3.63, 3.8) is 0 Å². The van der Waals surface area contributed by atoms with Gasteiger partial charge in [-0.15, -0.1) is 0 Å². The number of pyridine rings is 1. The lowest BCUT2D eigenvalue weighted by atomic mass is 10.0. The molecule has 7 heteroatoms. The maximum absolute atomic E-state index is 12.7. The van der Waals surface area contributed by atoms with E-state index in [1.165, 1.54) is 0 Å². The van der Waals surface area contributed by atoms with Crippen molar-refractivity contribution in [2.24, 2.45) is 11.7 Å². The molecule has 2 N–H and O–H groups in total. The Bertz CT molecular complexity index is 574. The van der Waals surface area contributed by atoms with Gasteiger partial charge in [0.25, 0.3) is 5.91 Å². The molecule has 0 bridgehead atoms. The van der Waals surface area contributed by atoms with Crippen LogP contribution in [0.2, 0.25) is 0 Å². The molecule has 2 aliphatic rings. The summed E-state index contributed by atoms with van der Waals surface area (Å²) in [5.74, 6) is -0.794. The molecule has 0 aliphatic carbocycles. The van der Waals surface area contributed by atoms with Crippen molar-refractivity contribution >= 4 is 11.8 Å². The molecule has 3 rings (SSSR count). The lowest BCUT2D eigenvalue weighted by Crippen LogP contribution is -2.44. The topological polar surface area (TPSA) is 88.8 Å². The van der Waals surface area contributed by atoms with Gasteiger partial charge in [-0.05, 0) is 25.0 Å². The van der Waals surface area contributed by atoms with Gasteiger partial charge < -0.3 is 15.4 Å². The largest absolute Gasteiger partial charge is 0.381 e. The second-order valence-corrected chi connectivity index (χ2v) is 6.43. The Morgan fingerprint density at radius 1 is 1.21 bits per heavy atom. The molecule has 1 aromatic rings. The van der Waals surface area contributed by atoms with Gasteiger partial charge >= 0.3 is 0 Å². The SMILES string of the molecule is NC(=O)[C@@H]1CN(C(=O)c2cccnc2)CCN(C2CCOCC2)C1. The predicted octanol–water partition coefficient (Wildman–Crippen LogP) is 0.120. The first kappa shape index (κ1) is 16.9. The summed E-state index contributed by atoms with van der Waals surface area (Å²) in [5.41, 5.74) is 6.13. The quantitative estimate of drug-likeness (QED) is 0.849. The van der Waals surface area contributed by atoms with Crippen molar-refractivity contribution in [2.45, 2.75) is 18.9 Å². The summed E-state index contributed by atoms with van der Waals surface area (Å²) in [5, 5.41) is 0. The van der Waals surface area contributed by atoms with Crippen LogP contribution < -0.4 is 5.73 Å². The molecule has 1 aromatic heterocycles. The van der Waals surface area contributed by atoms with E-state index >= 15 is 0 Å². The standard InChI is InChI=1S/C17H24N4O3/c18-16(22)14-11-20(15-3-8-24-9-4-15)6-7-21(12-14)17(23)13-2-1-5-19-10-13/h1-2,5,10,14-15H,3-4,6-9,11-12H2,(H2,18,22)/t14-/m0/s1. The third-order valence-electron chi connectivity index (χ3n) is 4.86. The Balaban J connectivity index is 1.73. The Morgan fingerprint density at radius 2 is 2.00 bits per heavy atom. The zero-order chi connectivity index (χ0) is 16.9. The molecular formula is C17H24N4O3. The minimum absolute atomic E-state index is 0.0943. The average molecular weight is 332 g/mol. The minimum atomic E-state index is -0.351. The van der Waals surface area contributed by atoms with Crippen molar-refractivity contribution in [2.75, 3.05) is 39.4 Å². The Kier molecular flexibility index (Phi) is 5.42. The van der Waals surface area contributed by atoms with Crippen LogP contribution in [-0.4, -0.2) is 72.0 Å². The smallest absolute Gasteiger partial charge is 0.255 e. The van der Waals surface area contributed by atoms with Crippen molar-refractivity contribution in [3.05, 3.63) is 30.1 Å². The van der Waals surface area contributed by atoms with Crippen LogP contribution in [-0.2, 0) is 9.53 Å². The molecular weight excluding hydrogens is 308 g/mol. The summed E-state index contributed by atoms with van der Waals surface area (Å²) >= 11 is 0. The molecule has 0 unspecified atom stereocenters. The number of carbonyl (C=O) groups is 2. The van der Waals surface area contributed by atoms with E-state index < -0.39 is 0 Å². The molecule has 2 saturated heterocycles. The molecule has 2 aliphatic heterocycles. The van der Waals surface area contributed by atoms with Gasteiger partial charge in [0.1, 0.15) is 0 Å². The van der Waals surface area contributed by atoms with Gasteiger partial charge in [0, 0.05) is 57.8 Å². The molecule has 2 amide bonds. The zero-order valence-electron chi connectivity index (χ0n) is 13.8. The van der Waals surface area contributed by atoms with E-state index in [0.717, 1.165) is 32.6 Å². The normalized spacial score (nSPS) is 23.7. The fraction of sp³-hybridized carbons (Fsp3) is 0.588. The van der Waals surface area contributed by atoms with E-state index in [-0.39, 0.29) is 17.7 Å². The lowest BCUT2D eigenvalue weighted by Gasteiger charge is -2.34. The summed E-state index contributed by atoms with van der Waals surface area (Å²) in [6.45, 7) is 3.82. The highest BCUT2D eigenvalue weighted by Crippen LogP contribution is 2.20. The van der Waals surface area contributed by atoms with Gasteiger partial charge in [-0.2, -0.15) is 0 Å². The first-order chi connectivity index (χ1) is 11.6. The van der Waals surface area contributed by atoms with Gasteiger partial charge in [0.2, 0.25) is 5.91 Å². The summed E-state index contributed by atoms with van der Waals surface area (Å²) in [6, 6.07) is 3.88. The average Bonchev–Trinajstić information content (AvgIpc) is 2.86. The fourth-order valence-corrected chi connectivity index (χ4v) is 3.46. The fourth-order valence-electron chi connectivity index (χ4n) is 3.46. The number of carbonyl (C=O) groups excluding carboxylic acids is 2. The zero-order valence-corrected chi connectivity index (χ0v) is 13.8. The number of amides is 2. The summed E-state index contributed by atoms with van der Waals surface area (Å²) in [6.07, 6.45) is 5.12. The number of aromatic nitrogens is 1. The van der Waals surface area contributed by atoms with Gasteiger partial charge in [-0.1, -0.05) is 0 Å². The van der Waals surface area contributed by atoms with Gasteiger partial charge in [0.15, 0.2) is 0 Å². The molecule has 0 aromatic carbocycles. The molecule has 130 valence electrons.